The summed E-state index contributed by atoms with van der Waals surface area (Å²) in [4.78, 5) is 26.2. The van der Waals surface area contributed by atoms with Gasteiger partial charge in [0.15, 0.2) is 9.90 Å². The van der Waals surface area contributed by atoms with Crippen LogP contribution in [0, 0.1) is 0 Å². The minimum absolute atomic E-state index is 0.325. The molecule has 0 radical (unpaired) electrons. The summed E-state index contributed by atoms with van der Waals surface area (Å²) in [5.74, 6) is -1.72. The lowest BCUT2D eigenvalue weighted by Gasteiger charge is -2.21. The summed E-state index contributed by atoms with van der Waals surface area (Å²) in [7, 11) is -2.99. The Morgan fingerprint density at radius 2 is 2.05 bits per heavy atom. The van der Waals surface area contributed by atoms with Crippen LogP contribution in [0.15, 0.2) is 9.72 Å². The maximum absolute atomic E-state index is 12.1. The minimum atomic E-state index is -4.10. The summed E-state index contributed by atoms with van der Waals surface area (Å²) in [6.45, 7) is 2.62. The molecule has 10 heteroatoms. The Bertz CT molecular complexity index is 605. The number of nitrogens with two attached hydrogens (primary N) is 1. The van der Waals surface area contributed by atoms with Gasteiger partial charge in [0.2, 0.25) is 5.91 Å². The average Bonchev–Trinajstić information content (AvgIpc) is 2.75. The molecule has 0 saturated carbocycles. The predicted molar refractivity (Wildman–Crippen MR) is 67.0 cm³/mol. The molecule has 106 valence electrons. The second-order valence-electron chi connectivity index (χ2n) is 4.07. The van der Waals surface area contributed by atoms with Crippen molar-refractivity contribution in [3.8, 4) is 0 Å². The van der Waals surface area contributed by atoms with Crippen molar-refractivity contribution in [3.63, 3.8) is 0 Å². The van der Waals surface area contributed by atoms with E-state index in [1.54, 1.807) is 0 Å². The number of ether oxygens (including phenoxy) is 1. The van der Waals surface area contributed by atoms with Gasteiger partial charge in [0.1, 0.15) is 5.54 Å². The topological polar surface area (TPSA) is 128 Å². The highest BCUT2D eigenvalue weighted by Gasteiger charge is 2.35. The van der Waals surface area contributed by atoms with Crippen molar-refractivity contribution < 1.29 is 22.7 Å². The molecule has 1 rings (SSSR count). The van der Waals surface area contributed by atoms with Crippen molar-refractivity contribution in [3.05, 3.63) is 11.2 Å². The van der Waals surface area contributed by atoms with Crippen LogP contribution in [0.1, 0.15) is 24.3 Å². The van der Waals surface area contributed by atoms with Crippen molar-refractivity contribution in [1.82, 2.24) is 9.71 Å². The van der Waals surface area contributed by atoms with Crippen LogP contribution in [0.5, 0.6) is 0 Å². The average molecular weight is 307 g/mol. The lowest BCUT2D eigenvalue weighted by Crippen LogP contribution is -2.52. The number of nitrogens with one attached hydrogen (secondary N) is 1. The van der Waals surface area contributed by atoms with E-state index in [9.17, 15) is 18.0 Å². The smallest absolute Gasteiger partial charge is 0.358 e. The molecule has 8 nitrogen and oxygen atoms in total. The van der Waals surface area contributed by atoms with Crippen LogP contribution >= 0.6 is 11.3 Å². The quantitative estimate of drug-likeness (QED) is 0.704. The summed E-state index contributed by atoms with van der Waals surface area (Å²) < 4.78 is 30.4. The number of esters is 1. The molecule has 1 amide bonds. The highest BCUT2D eigenvalue weighted by atomic mass is 32.2. The first kappa shape index (κ1) is 15.5. The van der Waals surface area contributed by atoms with Gasteiger partial charge in [-0.2, -0.15) is 4.72 Å². The van der Waals surface area contributed by atoms with E-state index in [0.29, 0.717) is 0 Å². The monoisotopic (exact) mass is 307 g/mol. The third kappa shape index (κ3) is 3.28. The number of aromatic nitrogens is 1. The molecule has 1 aromatic rings. The van der Waals surface area contributed by atoms with Crippen LogP contribution in [-0.4, -0.2) is 37.9 Å². The van der Waals surface area contributed by atoms with Gasteiger partial charge in [-0.05, 0) is 13.8 Å². The number of nitrogens with zero attached hydrogens (tertiary/aromatic N) is 1. The van der Waals surface area contributed by atoms with Gasteiger partial charge in [0.05, 0.1) is 12.6 Å². The van der Waals surface area contributed by atoms with Crippen molar-refractivity contribution in [1.29, 1.82) is 0 Å². The Morgan fingerprint density at radius 3 is 2.53 bits per heavy atom. The Balaban J connectivity index is 3.19. The van der Waals surface area contributed by atoms with E-state index in [2.05, 4.69) is 14.4 Å². The maximum atomic E-state index is 12.1. The number of amides is 1. The number of carbonyl (C=O) groups excluding carboxylic acids is 2. The first-order valence-corrected chi connectivity index (χ1v) is 7.34. The third-order valence-electron chi connectivity index (χ3n) is 2.16. The van der Waals surface area contributed by atoms with Crippen LogP contribution in [0.2, 0.25) is 0 Å². The van der Waals surface area contributed by atoms with Gasteiger partial charge in [-0.3, -0.25) is 4.79 Å². The minimum Gasteiger partial charge on any atom is -0.464 e. The fourth-order valence-corrected chi connectivity index (χ4v) is 3.61. The van der Waals surface area contributed by atoms with Crippen molar-refractivity contribution in [2.24, 2.45) is 5.73 Å². The maximum Gasteiger partial charge on any atom is 0.358 e. The van der Waals surface area contributed by atoms with Crippen LogP contribution < -0.4 is 10.5 Å². The molecule has 0 aliphatic carbocycles. The zero-order valence-electron chi connectivity index (χ0n) is 10.5. The van der Waals surface area contributed by atoms with Gasteiger partial charge in [0, 0.05) is 0 Å². The molecule has 0 fully saturated rings. The fraction of sp³-hybridized carbons (Fsp3) is 0.444. The Morgan fingerprint density at radius 1 is 1.47 bits per heavy atom. The van der Waals surface area contributed by atoms with Crippen LogP contribution in [0.4, 0.5) is 0 Å². The summed E-state index contributed by atoms with van der Waals surface area (Å²) in [5, 5.41) is 0. The van der Waals surface area contributed by atoms with Gasteiger partial charge in [0.25, 0.3) is 10.0 Å². The number of hydrogen-bond donors (Lipinski definition) is 2. The van der Waals surface area contributed by atoms with Crippen LogP contribution in [0.3, 0.4) is 0 Å². The fourth-order valence-electron chi connectivity index (χ4n) is 1.09. The van der Waals surface area contributed by atoms with E-state index in [1.807, 2.05) is 0 Å². The number of thiazole rings is 1. The van der Waals surface area contributed by atoms with Crippen molar-refractivity contribution in [2.75, 3.05) is 7.11 Å². The zero-order valence-corrected chi connectivity index (χ0v) is 12.1. The largest absolute Gasteiger partial charge is 0.464 e. The normalized spacial score (nSPS) is 12.2. The molecule has 0 bridgehead atoms. The molecular weight excluding hydrogens is 294 g/mol. The molecule has 0 saturated heterocycles. The van der Waals surface area contributed by atoms with Gasteiger partial charge >= 0.3 is 5.97 Å². The number of carbonyl (C=O) groups is 2. The van der Waals surface area contributed by atoms with Crippen LogP contribution in [-0.2, 0) is 19.6 Å². The number of primary amides is 1. The van der Waals surface area contributed by atoms with E-state index in [0.717, 1.165) is 18.4 Å². The van der Waals surface area contributed by atoms with Gasteiger partial charge < -0.3 is 10.5 Å². The molecule has 19 heavy (non-hydrogen) atoms. The molecule has 3 N–H and O–H groups in total. The lowest BCUT2D eigenvalue weighted by molar-refractivity contribution is -0.122. The van der Waals surface area contributed by atoms with Gasteiger partial charge in [-0.15, -0.1) is 11.3 Å². The van der Waals surface area contributed by atoms with Gasteiger partial charge in [-0.1, -0.05) is 0 Å². The van der Waals surface area contributed by atoms with E-state index >= 15 is 0 Å². The molecule has 0 unspecified atom stereocenters. The van der Waals surface area contributed by atoms with Crippen molar-refractivity contribution >= 4 is 33.2 Å². The number of rotatable bonds is 5. The first-order chi connectivity index (χ1) is 8.62. The van der Waals surface area contributed by atoms with Gasteiger partial charge in [-0.25, -0.2) is 18.2 Å². The second-order valence-corrected chi connectivity index (χ2v) is 6.81. The number of sulfonamides is 1. The molecule has 1 aromatic heterocycles. The Labute approximate surface area is 114 Å². The highest BCUT2D eigenvalue weighted by Crippen LogP contribution is 2.22. The number of hydrogen-bond acceptors (Lipinski definition) is 7. The summed E-state index contributed by atoms with van der Waals surface area (Å²) in [5.41, 5.74) is 4.45. The standard InChI is InChI=1S/C9H13N3O5S2/c1-9(2,8(10)14)12-19(15,16)7-5(6(13)17-3)11-4-18-7/h4,12H,1-3H3,(H2,10,14). The SMILES string of the molecule is COC(=O)c1ncsc1S(=O)(=O)NC(C)(C)C(N)=O. The summed E-state index contributed by atoms with van der Waals surface area (Å²) in [6, 6.07) is 0. The molecule has 0 aliphatic rings. The Hall–Kier alpha value is -1.52. The molecular formula is C9H13N3O5S2. The summed E-state index contributed by atoms with van der Waals surface area (Å²) in [6.07, 6.45) is 0. The summed E-state index contributed by atoms with van der Waals surface area (Å²) >= 11 is 0.738. The molecule has 0 aliphatic heterocycles. The highest BCUT2D eigenvalue weighted by molar-refractivity contribution is 7.91. The van der Waals surface area contributed by atoms with E-state index < -0.39 is 27.4 Å². The third-order valence-corrected chi connectivity index (χ3v) is 5.19. The Kier molecular flexibility index (Phi) is 4.28. The first-order valence-electron chi connectivity index (χ1n) is 4.97. The number of methoxy groups -OCH3 is 1. The van der Waals surface area contributed by atoms with Crippen molar-refractivity contribution in [2.45, 2.75) is 23.6 Å². The second kappa shape index (κ2) is 5.23. The van der Waals surface area contributed by atoms with E-state index in [4.69, 9.17) is 5.73 Å². The van der Waals surface area contributed by atoms with E-state index in [1.165, 1.54) is 19.4 Å². The van der Waals surface area contributed by atoms with E-state index in [-0.39, 0.29) is 9.90 Å². The predicted octanol–water partition coefficient (Wildman–Crippen LogP) is -0.528. The molecule has 1 heterocycles. The van der Waals surface area contributed by atoms with Crippen LogP contribution in [0.25, 0.3) is 0 Å². The molecule has 0 spiro atoms. The zero-order chi connectivity index (χ0) is 14.8. The molecule has 0 atom stereocenters. The molecule has 0 aromatic carbocycles. The lowest BCUT2D eigenvalue weighted by atomic mass is 10.1.